The third-order valence-corrected chi connectivity index (χ3v) is 2.44. The van der Waals surface area contributed by atoms with Gasteiger partial charge in [-0.2, -0.15) is 0 Å². The Morgan fingerprint density at radius 2 is 1.75 bits per heavy atom. The van der Waals surface area contributed by atoms with Crippen molar-refractivity contribution in [2.45, 2.75) is 34.6 Å². The maximum Gasteiger partial charge on any atom is 0.316 e. The van der Waals surface area contributed by atoms with Crippen LogP contribution in [0.25, 0.3) is 0 Å². The molecule has 20 heavy (non-hydrogen) atoms. The molecule has 0 aliphatic carbocycles. The van der Waals surface area contributed by atoms with Crippen molar-refractivity contribution in [3.05, 3.63) is 18.2 Å². The number of esters is 2. The molecule has 0 heterocycles. The van der Waals surface area contributed by atoms with Crippen LogP contribution in [0.15, 0.2) is 18.2 Å². The van der Waals surface area contributed by atoms with Crippen LogP contribution in [-0.4, -0.2) is 17.0 Å². The molecule has 0 aromatic heterocycles. The van der Waals surface area contributed by atoms with Crippen LogP contribution in [0.3, 0.4) is 0 Å². The summed E-state index contributed by atoms with van der Waals surface area (Å²) < 4.78 is 10.1. The van der Waals surface area contributed by atoms with E-state index < -0.39 is 17.4 Å². The molecule has 0 amide bonds. The first kappa shape index (κ1) is 16.0. The summed E-state index contributed by atoms with van der Waals surface area (Å²) in [5.41, 5.74) is -0.671. The minimum Gasteiger partial charge on any atom is -0.504 e. The number of hydrogen-bond acceptors (Lipinski definition) is 5. The van der Waals surface area contributed by atoms with Crippen molar-refractivity contribution >= 4 is 11.9 Å². The van der Waals surface area contributed by atoms with Gasteiger partial charge in [0.25, 0.3) is 0 Å². The minimum atomic E-state index is -0.671. The molecule has 1 aromatic rings. The Labute approximate surface area is 118 Å². The monoisotopic (exact) mass is 280 g/mol. The van der Waals surface area contributed by atoms with E-state index in [1.807, 2.05) is 0 Å². The normalized spacial score (nSPS) is 11.3. The first-order chi connectivity index (χ1) is 9.11. The number of phenolic OH excluding ortho intramolecular Hbond substituents is 1. The van der Waals surface area contributed by atoms with Crippen LogP contribution in [0.4, 0.5) is 0 Å². The van der Waals surface area contributed by atoms with Gasteiger partial charge in [0, 0.05) is 6.07 Å². The van der Waals surface area contributed by atoms with E-state index in [2.05, 4.69) is 0 Å². The third kappa shape index (κ3) is 4.26. The van der Waals surface area contributed by atoms with Crippen LogP contribution < -0.4 is 9.47 Å². The molecule has 1 rings (SSSR count). The first-order valence-electron chi connectivity index (χ1n) is 6.38. The van der Waals surface area contributed by atoms with Gasteiger partial charge in [-0.3, -0.25) is 9.59 Å². The van der Waals surface area contributed by atoms with E-state index in [4.69, 9.17) is 9.47 Å². The van der Waals surface area contributed by atoms with Crippen molar-refractivity contribution in [2.75, 3.05) is 0 Å². The summed E-state index contributed by atoms with van der Waals surface area (Å²) in [5.74, 6) is -1.14. The summed E-state index contributed by atoms with van der Waals surface area (Å²) >= 11 is 0. The van der Waals surface area contributed by atoms with Crippen molar-refractivity contribution in [3.8, 4) is 17.2 Å². The Hall–Kier alpha value is -2.04. The molecule has 0 fully saturated rings. The molecule has 0 bridgehead atoms. The fourth-order valence-corrected chi connectivity index (χ4v) is 1.13. The molecule has 5 heteroatoms. The summed E-state index contributed by atoms with van der Waals surface area (Å²) in [6.07, 6.45) is 0. The number of carbonyl (C=O) groups excluding carboxylic acids is 2. The highest BCUT2D eigenvalue weighted by Gasteiger charge is 2.24. The topological polar surface area (TPSA) is 72.8 Å². The molecule has 0 saturated heterocycles. The zero-order chi connectivity index (χ0) is 15.5. The molecule has 0 saturated carbocycles. The van der Waals surface area contributed by atoms with Gasteiger partial charge >= 0.3 is 11.9 Å². The molecular weight excluding hydrogens is 260 g/mol. The quantitative estimate of drug-likeness (QED) is 0.680. The van der Waals surface area contributed by atoms with Gasteiger partial charge in [-0.15, -0.1) is 0 Å². The molecule has 5 nitrogen and oxygen atoms in total. The minimum absolute atomic E-state index is 0.0364. The second kappa shape index (κ2) is 5.94. The third-order valence-electron chi connectivity index (χ3n) is 2.44. The Morgan fingerprint density at radius 3 is 2.20 bits per heavy atom. The number of ether oxygens (including phenoxy) is 2. The van der Waals surface area contributed by atoms with E-state index in [9.17, 15) is 14.7 Å². The van der Waals surface area contributed by atoms with Gasteiger partial charge in [0.05, 0.1) is 11.3 Å². The van der Waals surface area contributed by atoms with Crippen molar-refractivity contribution in [1.29, 1.82) is 0 Å². The second-order valence-electron chi connectivity index (χ2n) is 5.84. The van der Waals surface area contributed by atoms with E-state index in [0.717, 1.165) is 0 Å². The lowest BCUT2D eigenvalue weighted by Crippen LogP contribution is -2.25. The highest BCUT2D eigenvalue weighted by molar-refractivity contribution is 5.79. The fourth-order valence-electron chi connectivity index (χ4n) is 1.13. The van der Waals surface area contributed by atoms with Gasteiger partial charge in [0.2, 0.25) is 0 Å². The lowest BCUT2D eigenvalue weighted by molar-refractivity contribution is -0.143. The summed E-state index contributed by atoms with van der Waals surface area (Å²) in [5, 5.41) is 9.79. The van der Waals surface area contributed by atoms with E-state index >= 15 is 0 Å². The summed E-state index contributed by atoms with van der Waals surface area (Å²) in [6.45, 7) is 8.56. The number of benzene rings is 1. The summed E-state index contributed by atoms with van der Waals surface area (Å²) in [7, 11) is 0. The Morgan fingerprint density at radius 1 is 1.15 bits per heavy atom. The highest BCUT2D eigenvalue weighted by atomic mass is 16.5. The van der Waals surface area contributed by atoms with E-state index in [1.54, 1.807) is 34.6 Å². The van der Waals surface area contributed by atoms with Crippen LogP contribution in [0, 0.1) is 11.3 Å². The molecule has 110 valence electrons. The van der Waals surface area contributed by atoms with Gasteiger partial charge in [-0.1, -0.05) is 13.8 Å². The molecule has 0 aliphatic heterocycles. The smallest absolute Gasteiger partial charge is 0.316 e. The predicted octanol–water partition coefficient (Wildman–Crippen LogP) is 2.91. The maximum atomic E-state index is 11.7. The van der Waals surface area contributed by atoms with E-state index in [1.165, 1.54) is 18.2 Å². The van der Waals surface area contributed by atoms with Crippen molar-refractivity contribution < 1.29 is 24.2 Å². The van der Waals surface area contributed by atoms with E-state index in [-0.39, 0.29) is 23.2 Å². The van der Waals surface area contributed by atoms with Crippen LogP contribution in [0.1, 0.15) is 34.6 Å². The lowest BCUT2D eigenvalue weighted by atomic mass is 9.97. The Kier molecular flexibility index (Phi) is 4.76. The van der Waals surface area contributed by atoms with Crippen LogP contribution >= 0.6 is 0 Å². The number of phenols is 1. The lowest BCUT2D eigenvalue weighted by Gasteiger charge is -2.17. The summed E-state index contributed by atoms with van der Waals surface area (Å²) in [4.78, 5) is 23.1. The molecule has 0 aliphatic rings. The standard InChI is InChI=1S/C15H20O5/c1-9(2)13(17)19-10-6-7-12(11(16)8-10)20-14(18)15(3,4)5/h6-9,16H,1-5H3. The van der Waals surface area contributed by atoms with Gasteiger partial charge < -0.3 is 14.6 Å². The molecular formula is C15H20O5. The van der Waals surface area contributed by atoms with Crippen LogP contribution in [-0.2, 0) is 9.59 Å². The zero-order valence-electron chi connectivity index (χ0n) is 12.4. The van der Waals surface area contributed by atoms with Crippen molar-refractivity contribution in [1.82, 2.24) is 0 Å². The molecule has 0 unspecified atom stereocenters. The summed E-state index contributed by atoms with van der Waals surface area (Å²) in [6, 6.07) is 4.10. The highest BCUT2D eigenvalue weighted by Crippen LogP contribution is 2.32. The number of carbonyl (C=O) groups is 2. The molecule has 0 radical (unpaired) electrons. The molecule has 1 N–H and O–H groups in total. The Bertz CT molecular complexity index is 511. The van der Waals surface area contributed by atoms with Crippen LogP contribution in [0.2, 0.25) is 0 Å². The Balaban J connectivity index is 2.84. The second-order valence-corrected chi connectivity index (χ2v) is 5.84. The molecule has 0 atom stereocenters. The average Bonchev–Trinajstić information content (AvgIpc) is 2.31. The zero-order valence-corrected chi connectivity index (χ0v) is 12.4. The van der Waals surface area contributed by atoms with Gasteiger partial charge in [0.15, 0.2) is 11.5 Å². The fraction of sp³-hybridized carbons (Fsp3) is 0.467. The SMILES string of the molecule is CC(C)C(=O)Oc1ccc(OC(=O)C(C)(C)C)c(O)c1. The average molecular weight is 280 g/mol. The predicted molar refractivity (Wildman–Crippen MR) is 73.7 cm³/mol. The number of hydrogen-bond donors (Lipinski definition) is 1. The largest absolute Gasteiger partial charge is 0.504 e. The van der Waals surface area contributed by atoms with Crippen molar-refractivity contribution in [3.63, 3.8) is 0 Å². The van der Waals surface area contributed by atoms with Crippen LogP contribution in [0.5, 0.6) is 17.2 Å². The number of aromatic hydroxyl groups is 1. The molecule has 0 spiro atoms. The first-order valence-corrected chi connectivity index (χ1v) is 6.38. The molecule has 1 aromatic carbocycles. The van der Waals surface area contributed by atoms with Gasteiger partial charge in [0.1, 0.15) is 5.75 Å². The van der Waals surface area contributed by atoms with Gasteiger partial charge in [-0.25, -0.2) is 0 Å². The number of rotatable bonds is 3. The van der Waals surface area contributed by atoms with Gasteiger partial charge in [-0.05, 0) is 32.9 Å². The maximum absolute atomic E-state index is 11.7. The van der Waals surface area contributed by atoms with Crippen molar-refractivity contribution in [2.24, 2.45) is 11.3 Å². The van der Waals surface area contributed by atoms with E-state index in [0.29, 0.717) is 0 Å².